The number of esters is 1. The molecular formula is C64H111NO10. The van der Waals surface area contributed by atoms with E-state index in [1.165, 1.54) is 116 Å². The van der Waals surface area contributed by atoms with Crippen LogP contribution in [0.1, 0.15) is 245 Å². The number of hydrogen-bond acceptors (Lipinski definition) is 10. The molecule has 6 N–H and O–H groups in total. The fraction of sp³-hybridized carbons (Fsp3) is 0.750. The number of allylic oxidation sites excluding steroid dienone is 13. The quantitative estimate of drug-likeness (QED) is 0.0195. The van der Waals surface area contributed by atoms with Gasteiger partial charge in [-0.25, -0.2) is 0 Å². The summed E-state index contributed by atoms with van der Waals surface area (Å²) in [7, 11) is 0. The highest BCUT2D eigenvalue weighted by atomic mass is 16.7. The van der Waals surface area contributed by atoms with Crippen molar-refractivity contribution < 1.29 is 49.3 Å². The van der Waals surface area contributed by atoms with Gasteiger partial charge in [0.1, 0.15) is 24.4 Å². The Kier molecular flexibility index (Phi) is 49.2. The Hall–Kier alpha value is -3.16. The number of carbonyl (C=O) groups is 2. The van der Waals surface area contributed by atoms with Gasteiger partial charge in [-0.3, -0.25) is 9.59 Å². The van der Waals surface area contributed by atoms with Crippen molar-refractivity contribution in [1.29, 1.82) is 0 Å². The van der Waals surface area contributed by atoms with Crippen LogP contribution in [0.5, 0.6) is 0 Å². The Morgan fingerprint density at radius 1 is 0.520 bits per heavy atom. The Bertz CT molecular complexity index is 1520. The number of unbranched alkanes of at least 4 members (excludes halogenated alkanes) is 26. The molecule has 0 saturated carbocycles. The molecule has 0 radical (unpaired) electrons. The smallest absolute Gasteiger partial charge is 0.305 e. The summed E-state index contributed by atoms with van der Waals surface area (Å²) in [6.45, 7) is 4.00. The van der Waals surface area contributed by atoms with Crippen LogP contribution in [0.25, 0.3) is 0 Å². The predicted molar refractivity (Wildman–Crippen MR) is 310 cm³/mol. The first kappa shape index (κ1) is 69.9. The zero-order chi connectivity index (χ0) is 54.5. The van der Waals surface area contributed by atoms with Crippen molar-refractivity contribution in [2.45, 2.75) is 288 Å². The van der Waals surface area contributed by atoms with Crippen molar-refractivity contribution in [2.75, 3.05) is 19.8 Å². The average molecular weight is 1050 g/mol. The second-order valence-corrected chi connectivity index (χ2v) is 20.7. The summed E-state index contributed by atoms with van der Waals surface area (Å²) in [5, 5.41) is 54.1. The molecule has 7 atom stereocenters. The van der Waals surface area contributed by atoms with E-state index < -0.39 is 49.5 Å². The summed E-state index contributed by atoms with van der Waals surface area (Å²) < 4.78 is 16.6. The van der Waals surface area contributed by atoms with E-state index in [9.17, 15) is 35.1 Å². The van der Waals surface area contributed by atoms with Gasteiger partial charge in [0.2, 0.25) is 5.91 Å². The van der Waals surface area contributed by atoms with Crippen molar-refractivity contribution in [3.63, 3.8) is 0 Å². The minimum Gasteiger partial charge on any atom is -0.466 e. The Labute approximate surface area is 457 Å². The third-order valence-corrected chi connectivity index (χ3v) is 13.8. The van der Waals surface area contributed by atoms with Crippen LogP contribution in [0, 0.1) is 0 Å². The summed E-state index contributed by atoms with van der Waals surface area (Å²) in [5.74, 6) is -0.227. The van der Waals surface area contributed by atoms with E-state index in [-0.39, 0.29) is 18.5 Å². The molecule has 0 aromatic rings. The summed E-state index contributed by atoms with van der Waals surface area (Å²) in [5.41, 5.74) is 0. The number of amides is 1. The van der Waals surface area contributed by atoms with E-state index >= 15 is 0 Å². The zero-order valence-electron chi connectivity index (χ0n) is 47.5. The van der Waals surface area contributed by atoms with Gasteiger partial charge in [0.25, 0.3) is 0 Å². The lowest BCUT2D eigenvalue weighted by atomic mass is 9.99. The van der Waals surface area contributed by atoms with E-state index in [4.69, 9.17) is 14.2 Å². The van der Waals surface area contributed by atoms with Crippen LogP contribution in [-0.4, -0.2) is 100 Å². The van der Waals surface area contributed by atoms with Crippen LogP contribution in [0.4, 0.5) is 0 Å². The third kappa shape index (κ3) is 42.5. The third-order valence-electron chi connectivity index (χ3n) is 13.8. The second kappa shape index (κ2) is 52.9. The first-order valence-electron chi connectivity index (χ1n) is 30.3. The van der Waals surface area contributed by atoms with E-state index in [0.29, 0.717) is 25.9 Å². The van der Waals surface area contributed by atoms with E-state index in [1.807, 2.05) is 19.1 Å². The second-order valence-electron chi connectivity index (χ2n) is 20.7. The average Bonchev–Trinajstić information content (AvgIpc) is 3.41. The number of rotatable bonds is 51. The number of ether oxygens (including phenoxy) is 3. The van der Waals surface area contributed by atoms with Crippen LogP contribution in [0.3, 0.4) is 0 Å². The molecule has 7 unspecified atom stereocenters. The highest BCUT2D eigenvalue weighted by molar-refractivity contribution is 5.76. The van der Waals surface area contributed by atoms with E-state index in [0.717, 1.165) is 96.3 Å². The van der Waals surface area contributed by atoms with Crippen molar-refractivity contribution in [2.24, 2.45) is 0 Å². The minimum absolute atomic E-state index is 0.0190. The van der Waals surface area contributed by atoms with E-state index in [1.54, 1.807) is 6.08 Å². The largest absolute Gasteiger partial charge is 0.466 e. The maximum Gasteiger partial charge on any atom is 0.305 e. The first-order valence-corrected chi connectivity index (χ1v) is 30.3. The maximum absolute atomic E-state index is 13.0. The number of aliphatic hydroxyl groups is 5. The highest BCUT2D eigenvalue weighted by Gasteiger charge is 2.44. The number of hydrogen-bond donors (Lipinski definition) is 6. The van der Waals surface area contributed by atoms with Crippen LogP contribution >= 0.6 is 0 Å². The summed E-state index contributed by atoms with van der Waals surface area (Å²) in [6.07, 6.45) is 61.5. The predicted octanol–water partition coefficient (Wildman–Crippen LogP) is 14.2. The first-order chi connectivity index (χ1) is 36.7. The van der Waals surface area contributed by atoms with Gasteiger partial charge < -0.3 is 45.1 Å². The molecule has 1 fully saturated rings. The molecule has 11 nitrogen and oxygen atoms in total. The molecule has 0 aliphatic carbocycles. The maximum atomic E-state index is 13.0. The molecule has 0 bridgehead atoms. The van der Waals surface area contributed by atoms with Crippen LogP contribution in [-0.2, 0) is 23.8 Å². The molecule has 1 amide bonds. The topological polar surface area (TPSA) is 175 Å². The Morgan fingerprint density at radius 2 is 0.960 bits per heavy atom. The van der Waals surface area contributed by atoms with Crippen molar-refractivity contribution >= 4 is 11.9 Å². The summed E-state index contributed by atoms with van der Waals surface area (Å²) in [6, 6.07) is -0.840. The van der Waals surface area contributed by atoms with Crippen LogP contribution < -0.4 is 5.32 Å². The molecule has 432 valence electrons. The lowest BCUT2D eigenvalue weighted by Crippen LogP contribution is -2.60. The van der Waals surface area contributed by atoms with Crippen molar-refractivity contribution in [1.82, 2.24) is 5.32 Å². The van der Waals surface area contributed by atoms with Crippen LogP contribution in [0.15, 0.2) is 85.1 Å². The molecule has 1 saturated heterocycles. The fourth-order valence-electron chi connectivity index (χ4n) is 8.95. The lowest BCUT2D eigenvalue weighted by molar-refractivity contribution is -0.302. The standard InChI is InChI=1S/C64H111NO10/c1-3-5-7-9-11-13-14-28-32-36-40-44-48-52-60(69)73-53-49-45-41-37-33-30-27-25-23-21-19-17-15-16-18-20-22-24-26-29-31-35-39-43-47-51-59(68)65-56(57(67)50-46-42-38-34-12-10-8-6-4-2)55-74-64-63(72)62(71)61(70)58(54-66)75-64/h4,6-7,9,12-14,16-19,34,46,50,56-58,61-64,66-67,70-72H,3,5,8,10-11,15,20-33,35-45,47-49,51-55H2,1-2H3,(H,65,68)/b6-4+,9-7-,14-13-,18-16-,19-17-,34-12+,50-46+. The van der Waals surface area contributed by atoms with Crippen LogP contribution in [0.2, 0.25) is 0 Å². The van der Waals surface area contributed by atoms with Gasteiger partial charge in [-0.15, -0.1) is 0 Å². The molecule has 0 aromatic carbocycles. The van der Waals surface area contributed by atoms with Gasteiger partial charge >= 0.3 is 5.97 Å². The molecule has 75 heavy (non-hydrogen) atoms. The molecule has 1 aliphatic rings. The molecular weight excluding hydrogens is 943 g/mol. The van der Waals surface area contributed by atoms with Crippen molar-refractivity contribution in [3.05, 3.63) is 85.1 Å². The highest BCUT2D eigenvalue weighted by Crippen LogP contribution is 2.23. The van der Waals surface area contributed by atoms with Gasteiger partial charge in [0, 0.05) is 12.8 Å². The molecule has 0 spiro atoms. The molecule has 0 aromatic heterocycles. The molecule has 11 heteroatoms. The van der Waals surface area contributed by atoms with Gasteiger partial charge in [0.15, 0.2) is 6.29 Å². The minimum atomic E-state index is -1.58. The summed E-state index contributed by atoms with van der Waals surface area (Å²) in [4.78, 5) is 25.0. The fourth-order valence-corrected chi connectivity index (χ4v) is 8.95. The molecule has 1 rings (SSSR count). The van der Waals surface area contributed by atoms with Gasteiger partial charge in [-0.05, 0) is 110 Å². The molecule has 1 aliphatic heterocycles. The monoisotopic (exact) mass is 1050 g/mol. The van der Waals surface area contributed by atoms with E-state index in [2.05, 4.69) is 79.1 Å². The SMILES string of the molecule is C/C=C/CC/C=C/CC/C=C/C(O)C(COC1OC(CO)C(O)C(O)C1O)NC(=O)CCCCCCCCCCC/C=C\C/C=C\CCCCCCCCCCCOC(=O)CCCCCCC/C=C\C/C=C\CCC. The lowest BCUT2D eigenvalue weighted by Gasteiger charge is -2.40. The normalized spacial score (nSPS) is 19.4. The molecule has 1 heterocycles. The Balaban J connectivity index is 2.02. The van der Waals surface area contributed by atoms with Gasteiger partial charge in [0.05, 0.1) is 32.0 Å². The number of aliphatic hydroxyl groups excluding tert-OH is 5. The van der Waals surface area contributed by atoms with Gasteiger partial charge in [-0.2, -0.15) is 0 Å². The van der Waals surface area contributed by atoms with Gasteiger partial charge in [-0.1, -0.05) is 208 Å². The number of nitrogens with one attached hydrogen (secondary N) is 1. The Morgan fingerprint density at radius 3 is 1.47 bits per heavy atom. The zero-order valence-corrected chi connectivity index (χ0v) is 47.5. The van der Waals surface area contributed by atoms with Crippen molar-refractivity contribution in [3.8, 4) is 0 Å². The number of carbonyl (C=O) groups excluding carboxylic acids is 2. The summed E-state index contributed by atoms with van der Waals surface area (Å²) >= 11 is 0.